The molecule has 0 bridgehead atoms. The molecule has 0 saturated carbocycles. The van der Waals surface area contributed by atoms with Crippen molar-refractivity contribution < 1.29 is 9.53 Å². The van der Waals surface area contributed by atoms with Crippen molar-refractivity contribution in [3.05, 3.63) is 60.2 Å². The molecule has 8 heteroatoms. The highest BCUT2D eigenvalue weighted by atomic mass is 32.2. The van der Waals surface area contributed by atoms with E-state index in [0.717, 1.165) is 11.3 Å². The molecule has 1 unspecified atom stereocenters. The van der Waals surface area contributed by atoms with Crippen molar-refractivity contribution in [1.29, 1.82) is 0 Å². The molecule has 0 N–H and O–H groups in total. The summed E-state index contributed by atoms with van der Waals surface area (Å²) in [6.07, 6.45) is 0. The van der Waals surface area contributed by atoms with Crippen molar-refractivity contribution in [2.24, 2.45) is 0 Å². The maximum atomic E-state index is 13.2. The van der Waals surface area contributed by atoms with Crippen molar-refractivity contribution in [2.45, 2.75) is 24.3 Å². The van der Waals surface area contributed by atoms with Crippen LogP contribution in [0.25, 0.3) is 5.69 Å². The van der Waals surface area contributed by atoms with Gasteiger partial charge in [-0.25, -0.2) is 0 Å². The molecule has 1 amide bonds. The fraction of sp³-hybridized carbons (Fsp3) is 0.300. The number of hydrogen-bond donors (Lipinski definition) is 0. The van der Waals surface area contributed by atoms with Crippen LogP contribution in [-0.4, -0.2) is 51.2 Å². The van der Waals surface area contributed by atoms with Gasteiger partial charge in [0.05, 0.1) is 7.11 Å². The van der Waals surface area contributed by atoms with Crippen molar-refractivity contribution in [3.8, 4) is 11.4 Å². The number of carbonyl (C=O) groups is 1. The van der Waals surface area contributed by atoms with E-state index in [1.54, 1.807) is 11.8 Å². The van der Waals surface area contributed by atoms with Crippen LogP contribution in [0.15, 0.2) is 59.8 Å². The van der Waals surface area contributed by atoms with Gasteiger partial charge < -0.3 is 9.64 Å². The number of aromatic nitrogens is 4. The number of methoxy groups -OCH3 is 1. The summed E-state index contributed by atoms with van der Waals surface area (Å²) >= 11 is 1.34. The van der Waals surface area contributed by atoms with Crippen LogP contribution >= 0.6 is 11.8 Å². The largest absolute Gasteiger partial charge is 0.494 e. The molecule has 0 aliphatic heterocycles. The molecule has 1 heterocycles. The van der Waals surface area contributed by atoms with Gasteiger partial charge in [0.2, 0.25) is 11.1 Å². The van der Waals surface area contributed by atoms with E-state index in [1.807, 2.05) is 73.3 Å². The maximum absolute atomic E-state index is 13.2. The predicted molar refractivity (Wildman–Crippen MR) is 109 cm³/mol. The van der Waals surface area contributed by atoms with Gasteiger partial charge in [0, 0.05) is 13.1 Å². The second-order valence-corrected chi connectivity index (χ2v) is 7.04. The average molecular weight is 398 g/mol. The second kappa shape index (κ2) is 9.36. The molecule has 3 aromatic rings. The van der Waals surface area contributed by atoms with Gasteiger partial charge in [-0.1, -0.05) is 54.2 Å². The number of tetrazole rings is 1. The van der Waals surface area contributed by atoms with Crippen LogP contribution in [0.4, 0.5) is 0 Å². The minimum atomic E-state index is -0.444. The molecule has 1 aromatic heterocycles. The van der Waals surface area contributed by atoms with E-state index < -0.39 is 5.25 Å². The molecule has 0 fully saturated rings. The maximum Gasteiger partial charge on any atom is 0.240 e. The Balaban J connectivity index is 1.99. The molecule has 0 aliphatic carbocycles. The normalized spacial score (nSPS) is 11.8. The molecule has 3 rings (SSSR count). The number of nitrogens with zero attached hydrogens (tertiary/aromatic N) is 5. The summed E-state index contributed by atoms with van der Waals surface area (Å²) in [5.74, 6) is 0.693. The van der Waals surface area contributed by atoms with E-state index in [2.05, 4.69) is 15.5 Å². The minimum absolute atomic E-state index is 0.0378. The zero-order chi connectivity index (χ0) is 19.9. The van der Waals surface area contributed by atoms with Crippen LogP contribution in [0.2, 0.25) is 0 Å². The zero-order valence-electron chi connectivity index (χ0n) is 16.1. The topological polar surface area (TPSA) is 73.1 Å². The molecule has 2 aromatic carbocycles. The number of likely N-dealkylation sites (N-methyl/N-ethyl adjacent to an activating group) is 1. The lowest BCUT2D eigenvalue weighted by Crippen LogP contribution is -2.34. The van der Waals surface area contributed by atoms with Crippen molar-refractivity contribution in [1.82, 2.24) is 25.1 Å². The standard InChI is InChI=1S/C20H23N5O2S/c1-4-24(5-2)19(26)18(15-11-7-6-8-12-15)28-20-21-22-23-25(20)16-13-9-10-14-17(16)27-3/h6-14,18H,4-5H2,1-3H3. The van der Waals surface area contributed by atoms with E-state index >= 15 is 0 Å². The average Bonchev–Trinajstić information content (AvgIpc) is 3.21. The van der Waals surface area contributed by atoms with Gasteiger partial charge in [-0.2, -0.15) is 4.68 Å². The molecule has 1 atom stereocenters. The number of rotatable bonds is 8. The van der Waals surface area contributed by atoms with E-state index in [0.29, 0.717) is 24.0 Å². The smallest absolute Gasteiger partial charge is 0.240 e. The Morgan fingerprint density at radius 2 is 1.79 bits per heavy atom. The van der Waals surface area contributed by atoms with Gasteiger partial charge in [-0.05, 0) is 42.0 Å². The first-order chi connectivity index (χ1) is 13.7. The highest BCUT2D eigenvalue weighted by Crippen LogP contribution is 2.37. The Labute approximate surface area is 168 Å². The Morgan fingerprint density at radius 3 is 2.46 bits per heavy atom. The Hall–Kier alpha value is -2.87. The summed E-state index contributed by atoms with van der Waals surface area (Å²) in [5.41, 5.74) is 1.64. The number of para-hydroxylation sites is 2. The Bertz CT molecular complexity index is 912. The van der Waals surface area contributed by atoms with Crippen molar-refractivity contribution >= 4 is 17.7 Å². The number of carbonyl (C=O) groups excluding carboxylic acids is 1. The lowest BCUT2D eigenvalue weighted by Gasteiger charge is -2.24. The first-order valence-electron chi connectivity index (χ1n) is 9.11. The summed E-state index contributed by atoms with van der Waals surface area (Å²) < 4.78 is 7.04. The molecule has 0 spiro atoms. The quantitative estimate of drug-likeness (QED) is 0.543. The van der Waals surface area contributed by atoms with Gasteiger partial charge in [0.1, 0.15) is 16.7 Å². The van der Waals surface area contributed by atoms with Crippen LogP contribution in [-0.2, 0) is 4.79 Å². The fourth-order valence-electron chi connectivity index (χ4n) is 2.90. The Morgan fingerprint density at radius 1 is 1.11 bits per heavy atom. The number of amides is 1. The Kier molecular flexibility index (Phi) is 6.65. The number of ether oxygens (including phenoxy) is 1. The van der Waals surface area contributed by atoms with Crippen molar-refractivity contribution in [3.63, 3.8) is 0 Å². The highest BCUT2D eigenvalue weighted by Gasteiger charge is 2.28. The predicted octanol–water partition coefficient (Wildman–Crippen LogP) is 3.37. The van der Waals surface area contributed by atoms with Crippen LogP contribution in [0, 0.1) is 0 Å². The molecule has 0 saturated heterocycles. The lowest BCUT2D eigenvalue weighted by molar-refractivity contribution is -0.130. The zero-order valence-corrected chi connectivity index (χ0v) is 17.0. The molecule has 28 heavy (non-hydrogen) atoms. The molecular formula is C20H23N5O2S. The second-order valence-electron chi connectivity index (χ2n) is 5.96. The third-order valence-corrected chi connectivity index (χ3v) is 5.55. The summed E-state index contributed by atoms with van der Waals surface area (Å²) in [6.45, 7) is 5.26. The van der Waals surface area contributed by atoms with E-state index in [9.17, 15) is 4.79 Å². The molecule has 0 radical (unpaired) electrons. The molecular weight excluding hydrogens is 374 g/mol. The molecule has 7 nitrogen and oxygen atoms in total. The summed E-state index contributed by atoms with van der Waals surface area (Å²) in [7, 11) is 1.60. The third-order valence-electron chi connectivity index (χ3n) is 4.38. The van der Waals surface area contributed by atoms with Gasteiger partial charge >= 0.3 is 0 Å². The number of benzene rings is 2. The first-order valence-corrected chi connectivity index (χ1v) is 9.99. The SMILES string of the molecule is CCN(CC)C(=O)C(Sc1nnnn1-c1ccccc1OC)c1ccccc1. The van der Waals surface area contributed by atoms with Crippen LogP contribution in [0.5, 0.6) is 5.75 Å². The molecule has 146 valence electrons. The lowest BCUT2D eigenvalue weighted by atomic mass is 10.1. The summed E-state index contributed by atoms with van der Waals surface area (Å²) in [6, 6.07) is 17.2. The van der Waals surface area contributed by atoms with E-state index in [1.165, 1.54) is 11.8 Å². The minimum Gasteiger partial charge on any atom is -0.494 e. The van der Waals surface area contributed by atoms with Gasteiger partial charge in [-0.3, -0.25) is 4.79 Å². The number of thioether (sulfide) groups is 1. The highest BCUT2D eigenvalue weighted by molar-refractivity contribution is 8.00. The van der Waals surface area contributed by atoms with E-state index in [4.69, 9.17) is 4.74 Å². The van der Waals surface area contributed by atoms with Crippen molar-refractivity contribution in [2.75, 3.05) is 20.2 Å². The number of hydrogen-bond acceptors (Lipinski definition) is 6. The van der Waals surface area contributed by atoms with Gasteiger partial charge in [0.25, 0.3) is 0 Å². The first kappa shape index (κ1) is 19.9. The van der Waals surface area contributed by atoms with Gasteiger partial charge in [-0.15, -0.1) is 5.10 Å². The van der Waals surface area contributed by atoms with E-state index in [-0.39, 0.29) is 5.91 Å². The third kappa shape index (κ3) is 4.17. The summed E-state index contributed by atoms with van der Waals surface area (Å²) in [4.78, 5) is 15.0. The monoisotopic (exact) mass is 397 g/mol. The summed E-state index contributed by atoms with van der Waals surface area (Å²) in [5, 5.41) is 12.2. The fourth-order valence-corrected chi connectivity index (χ4v) is 3.98. The van der Waals surface area contributed by atoms with Gasteiger partial charge in [0.15, 0.2) is 0 Å². The van der Waals surface area contributed by atoms with Crippen LogP contribution < -0.4 is 4.74 Å². The van der Waals surface area contributed by atoms with Crippen LogP contribution in [0.1, 0.15) is 24.7 Å². The molecule has 0 aliphatic rings. The van der Waals surface area contributed by atoms with Crippen LogP contribution in [0.3, 0.4) is 0 Å².